The van der Waals surface area contributed by atoms with Gasteiger partial charge in [0.1, 0.15) is 12.4 Å². The van der Waals surface area contributed by atoms with E-state index >= 15 is 0 Å². The number of rotatable bonds is 6. The summed E-state index contributed by atoms with van der Waals surface area (Å²) in [6.45, 7) is 5.98. The molecule has 2 rings (SSSR count). The summed E-state index contributed by atoms with van der Waals surface area (Å²) in [6, 6.07) is 7.69. The number of piperazine rings is 1. The molecule has 0 bridgehead atoms. The Balaban J connectivity index is 1.84. The van der Waals surface area contributed by atoms with E-state index in [0.29, 0.717) is 6.61 Å². The van der Waals surface area contributed by atoms with E-state index in [1.165, 1.54) is 0 Å². The van der Waals surface area contributed by atoms with Crippen LogP contribution in [-0.2, 0) is 0 Å². The van der Waals surface area contributed by atoms with Crippen LogP contribution in [0, 0.1) is 0 Å². The monoisotopic (exact) mass is 304 g/mol. The van der Waals surface area contributed by atoms with Crippen molar-refractivity contribution in [1.29, 1.82) is 0 Å². The average molecular weight is 304 g/mol. The van der Waals surface area contributed by atoms with Crippen LogP contribution in [0.2, 0.25) is 0 Å². The molecule has 1 aromatic rings. The quantitative estimate of drug-likeness (QED) is 0.436. The predicted molar refractivity (Wildman–Crippen MR) is 89.3 cm³/mol. The summed E-state index contributed by atoms with van der Waals surface area (Å²) in [7, 11) is 2.15. The lowest BCUT2D eigenvalue weighted by Gasteiger charge is -2.32. The zero-order valence-electron chi connectivity index (χ0n) is 13.0. The molecule has 1 aliphatic heterocycles. The molecule has 1 heterocycles. The van der Waals surface area contributed by atoms with Crippen LogP contribution in [0.1, 0.15) is 5.56 Å². The molecule has 0 aliphatic carbocycles. The molecule has 4 N–H and O–H groups in total. The van der Waals surface area contributed by atoms with Crippen molar-refractivity contribution in [3.05, 3.63) is 29.8 Å². The SMILES string of the molecule is CN1CCN(CCOc2ccccc2C=NN=C(N)N)CC1. The second kappa shape index (κ2) is 8.35. The summed E-state index contributed by atoms with van der Waals surface area (Å²) in [5.74, 6) is 0.718. The normalized spacial score (nSPS) is 16.8. The van der Waals surface area contributed by atoms with Crippen molar-refractivity contribution in [3.8, 4) is 5.75 Å². The second-order valence-electron chi connectivity index (χ2n) is 5.30. The Bertz CT molecular complexity index is 519. The molecule has 0 aromatic heterocycles. The van der Waals surface area contributed by atoms with E-state index in [4.69, 9.17) is 16.2 Å². The number of nitrogens with two attached hydrogens (primary N) is 2. The molecule has 0 spiro atoms. The van der Waals surface area contributed by atoms with Gasteiger partial charge in [-0.25, -0.2) is 0 Å². The third-order valence-electron chi connectivity index (χ3n) is 3.55. The van der Waals surface area contributed by atoms with Gasteiger partial charge in [0.25, 0.3) is 0 Å². The van der Waals surface area contributed by atoms with Crippen molar-refractivity contribution in [2.24, 2.45) is 21.7 Å². The largest absolute Gasteiger partial charge is 0.492 e. The van der Waals surface area contributed by atoms with Gasteiger partial charge in [-0.1, -0.05) is 12.1 Å². The number of hydrogen-bond acceptors (Lipinski definition) is 5. The van der Waals surface area contributed by atoms with E-state index in [1.807, 2.05) is 24.3 Å². The molecule has 0 saturated carbocycles. The molecule has 0 radical (unpaired) electrons. The minimum Gasteiger partial charge on any atom is -0.492 e. The van der Waals surface area contributed by atoms with Gasteiger partial charge in [-0.3, -0.25) is 4.90 Å². The Morgan fingerprint density at radius 1 is 1.23 bits per heavy atom. The fourth-order valence-corrected chi connectivity index (χ4v) is 2.23. The van der Waals surface area contributed by atoms with Crippen LogP contribution in [0.3, 0.4) is 0 Å². The predicted octanol–water partition coefficient (Wildman–Crippen LogP) is -0.0799. The molecule has 1 aromatic carbocycles. The van der Waals surface area contributed by atoms with Gasteiger partial charge in [-0.2, -0.15) is 5.10 Å². The fraction of sp³-hybridized carbons (Fsp3) is 0.467. The molecule has 7 heteroatoms. The minimum absolute atomic E-state index is 0.0651. The molecule has 1 fully saturated rings. The maximum absolute atomic E-state index is 5.87. The summed E-state index contributed by atoms with van der Waals surface area (Å²) in [5, 5.41) is 7.42. The molecule has 0 atom stereocenters. The van der Waals surface area contributed by atoms with Gasteiger partial charge in [-0.05, 0) is 19.2 Å². The maximum atomic E-state index is 5.87. The van der Waals surface area contributed by atoms with E-state index in [1.54, 1.807) is 6.21 Å². The summed E-state index contributed by atoms with van der Waals surface area (Å²) < 4.78 is 5.87. The highest BCUT2D eigenvalue weighted by molar-refractivity contribution is 5.84. The maximum Gasteiger partial charge on any atom is 0.211 e. The van der Waals surface area contributed by atoms with Crippen molar-refractivity contribution in [2.75, 3.05) is 46.4 Å². The molecule has 22 heavy (non-hydrogen) atoms. The molecular weight excluding hydrogens is 280 g/mol. The van der Waals surface area contributed by atoms with E-state index in [9.17, 15) is 0 Å². The van der Waals surface area contributed by atoms with Crippen molar-refractivity contribution >= 4 is 12.2 Å². The highest BCUT2D eigenvalue weighted by atomic mass is 16.5. The third-order valence-corrected chi connectivity index (χ3v) is 3.55. The van der Waals surface area contributed by atoms with Crippen LogP contribution in [0.5, 0.6) is 5.75 Å². The van der Waals surface area contributed by atoms with Crippen molar-refractivity contribution in [3.63, 3.8) is 0 Å². The lowest BCUT2D eigenvalue weighted by Crippen LogP contribution is -2.45. The van der Waals surface area contributed by atoms with Crippen molar-refractivity contribution in [2.45, 2.75) is 0 Å². The molecule has 7 nitrogen and oxygen atoms in total. The first-order valence-corrected chi connectivity index (χ1v) is 7.40. The number of ether oxygens (including phenoxy) is 1. The standard InChI is InChI=1S/C15H24N6O/c1-20-6-8-21(9-7-20)10-11-22-14-5-3-2-4-13(14)12-18-19-15(16)17/h2-5,12H,6-11H2,1H3,(H4,16,17,19). The van der Waals surface area contributed by atoms with Crippen LogP contribution < -0.4 is 16.2 Å². The van der Waals surface area contributed by atoms with E-state index < -0.39 is 0 Å². The molecule has 120 valence electrons. The lowest BCUT2D eigenvalue weighted by molar-refractivity contribution is 0.133. The first kappa shape index (κ1) is 16.3. The molecule has 0 unspecified atom stereocenters. The second-order valence-corrected chi connectivity index (χ2v) is 5.30. The Morgan fingerprint density at radius 2 is 1.95 bits per heavy atom. The Hall–Kier alpha value is -2.12. The molecule has 0 amide bonds. The lowest BCUT2D eigenvalue weighted by atomic mass is 10.2. The smallest absolute Gasteiger partial charge is 0.211 e. The molecule has 1 aliphatic rings. The van der Waals surface area contributed by atoms with Gasteiger partial charge in [0.05, 0.1) is 6.21 Å². The average Bonchev–Trinajstić information content (AvgIpc) is 2.50. The highest BCUT2D eigenvalue weighted by Crippen LogP contribution is 2.16. The van der Waals surface area contributed by atoms with E-state index in [0.717, 1.165) is 44.0 Å². The number of benzene rings is 1. The number of hydrogen-bond donors (Lipinski definition) is 2. The summed E-state index contributed by atoms with van der Waals surface area (Å²) >= 11 is 0. The zero-order valence-corrected chi connectivity index (χ0v) is 13.0. The van der Waals surface area contributed by atoms with Gasteiger partial charge >= 0.3 is 0 Å². The van der Waals surface area contributed by atoms with Crippen LogP contribution in [0.4, 0.5) is 0 Å². The van der Waals surface area contributed by atoms with Crippen LogP contribution in [0.25, 0.3) is 0 Å². The number of para-hydroxylation sites is 1. The van der Waals surface area contributed by atoms with Gasteiger partial charge in [0.2, 0.25) is 5.96 Å². The summed E-state index contributed by atoms with van der Waals surface area (Å²) in [4.78, 5) is 4.75. The first-order chi connectivity index (χ1) is 10.6. The summed E-state index contributed by atoms with van der Waals surface area (Å²) in [5.41, 5.74) is 11.3. The van der Waals surface area contributed by atoms with Gasteiger partial charge < -0.3 is 21.1 Å². The topological polar surface area (TPSA) is 92.5 Å². The Kier molecular flexibility index (Phi) is 6.17. The highest BCUT2D eigenvalue weighted by Gasteiger charge is 2.13. The van der Waals surface area contributed by atoms with E-state index in [-0.39, 0.29) is 5.96 Å². The van der Waals surface area contributed by atoms with Crippen LogP contribution >= 0.6 is 0 Å². The number of likely N-dealkylation sites (N-methyl/N-ethyl adjacent to an activating group) is 1. The number of nitrogens with zero attached hydrogens (tertiary/aromatic N) is 4. The van der Waals surface area contributed by atoms with Crippen molar-refractivity contribution in [1.82, 2.24) is 9.80 Å². The summed E-state index contributed by atoms with van der Waals surface area (Å²) in [6.07, 6.45) is 1.59. The first-order valence-electron chi connectivity index (χ1n) is 7.40. The molecule has 1 saturated heterocycles. The van der Waals surface area contributed by atoms with Crippen molar-refractivity contribution < 1.29 is 4.74 Å². The van der Waals surface area contributed by atoms with Crippen LogP contribution in [0.15, 0.2) is 34.5 Å². The van der Waals surface area contributed by atoms with Gasteiger partial charge in [0.15, 0.2) is 0 Å². The van der Waals surface area contributed by atoms with Gasteiger partial charge in [0, 0.05) is 38.3 Å². The number of guanidine groups is 1. The Labute approximate surface area is 131 Å². The molecular formula is C15H24N6O. The van der Waals surface area contributed by atoms with E-state index in [2.05, 4.69) is 27.1 Å². The van der Waals surface area contributed by atoms with Crippen LogP contribution in [-0.4, -0.2) is 68.4 Å². The fourth-order valence-electron chi connectivity index (χ4n) is 2.23. The van der Waals surface area contributed by atoms with Gasteiger partial charge in [-0.15, -0.1) is 5.10 Å². The zero-order chi connectivity index (χ0) is 15.8. The minimum atomic E-state index is -0.0651. The third kappa shape index (κ3) is 5.34. The Morgan fingerprint density at radius 3 is 2.68 bits per heavy atom.